The van der Waals surface area contributed by atoms with E-state index in [1.165, 1.54) is 75.3 Å². The van der Waals surface area contributed by atoms with Gasteiger partial charge in [-0.2, -0.15) is 0 Å². The number of halogens is 1. The van der Waals surface area contributed by atoms with Gasteiger partial charge in [0.05, 0.1) is 12.2 Å². The van der Waals surface area contributed by atoms with Crippen molar-refractivity contribution < 1.29 is 28.2 Å². The van der Waals surface area contributed by atoms with Crippen LogP contribution in [0.2, 0.25) is 0 Å². The highest BCUT2D eigenvalue weighted by Gasteiger charge is 2.13. The van der Waals surface area contributed by atoms with Crippen molar-refractivity contribution in [2.45, 2.75) is 103 Å². The van der Waals surface area contributed by atoms with Gasteiger partial charge < -0.3 is 14.2 Å². The number of carbonyl (C=O) groups is 2. The lowest BCUT2D eigenvalue weighted by molar-refractivity contribution is -0.128. The summed E-state index contributed by atoms with van der Waals surface area (Å²) in [6, 6.07) is 13.6. The molecule has 0 radical (unpaired) electrons. The third kappa shape index (κ3) is 14.9. The monoisotopic (exact) mass is 554 g/mol. The minimum atomic E-state index is -1.16. The minimum absolute atomic E-state index is 0.251. The Morgan fingerprint density at radius 2 is 1.32 bits per heavy atom. The van der Waals surface area contributed by atoms with Gasteiger partial charge in [-0.1, -0.05) is 96.6 Å². The number of carbonyl (C=O) groups excluding carboxylic acids is 2. The molecular weight excluding hydrogens is 507 g/mol. The molecule has 0 aliphatic heterocycles. The van der Waals surface area contributed by atoms with Crippen molar-refractivity contribution in [3.8, 4) is 11.5 Å². The van der Waals surface area contributed by atoms with Crippen LogP contribution in [-0.2, 0) is 9.53 Å². The number of esters is 2. The number of benzene rings is 2. The number of rotatable bonds is 21. The van der Waals surface area contributed by atoms with Crippen LogP contribution in [0.25, 0.3) is 6.08 Å². The first kappa shape index (κ1) is 33.1. The average molecular weight is 555 g/mol. The first-order valence-electron chi connectivity index (χ1n) is 15.1. The van der Waals surface area contributed by atoms with E-state index in [1.807, 2.05) is 24.3 Å². The van der Waals surface area contributed by atoms with E-state index in [1.54, 1.807) is 6.08 Å². The molecule has 0 amide bonds. The summed E-state index contributed by atoms with van der Waals surface area (Å²) in [4.78, 5) is 24.4. The average Bonchev–Trinajstić information content (AvgIpc) is 2.97. The molecule has 40 heavy (non-hydrogen) atoms. The summed E-state index contributed by atoms with van der Waals surface area (Å²) in [7, 11) is 0. The van der Waals surface area contributed by atoms with E-state index in [-0.39, 0.29) is 12.2 Å². The van der Waals surface area contributed by atoms with Crippen LogP contribution in [0.15, 0.2) is 54.6 Å². The van der Waals surface area contributed by atoms with Gasteiger partial charge >= 0.3 is 11.9 Å². The Morgan fingerprint density at radius 3 is 1.98 bits per heavy atom. The molecule has 0 aliphatic carbocycles. The molecule has 0 heterocycles. The fourth-order valence-electron chi connectivity index (χ4n) is 4.20. The molecule has 0 bridgehead atoms. The zero-order valence-electron chi connectivity index (χ0n) is 24.4. The van der Waals surface area contributed by atoms with Crippen molar-refractivity contribution in [1.29, 1.82) is 0 Å². The Labute approximate surface area is 240 Å². The van der Waals surface area contributed by atoms with Gasteiger partial charge in [0.25, 0.3) is 0 Å². The summed E-state index contributed by atoms with van der Waals surface area (Å²) in [5.41, 5.74) is 1.13. The van der Waals surface area contributed by atoms with E-state index in [4.69, 9.17) is 14.2 Å². The lowest BCUT2D eigenvalue weighted by Crippen LogP contribution is -2.15. The molecule has 0 aromatic heterocycles. The zero-order chi connectivity index (χ0) is 28.8. The second-order valence-corrected chi connectivity index (χ2v) is 10.2. The van der Waals surface area contributed by atoms with Gasteiger partial charge in [0.2, 0.25) is 0 Å². The van der Waals surface area contributed by atoms with Crippen LogP contribution in [0.3, 0.4) is 0 Å². The number of hydrogen-bond acceptors (Lipinski definition) is 5. The minimum Gasteiger partial charge on any atom is -0.494 e. The number of unbranched alkanes of at least 4 members (excludes halogenated alkanes) is 10. The van der Waals surface area contributed by atoms with Gasteiger partial charge in [0.1, 0.15) is 24.3 Å². The molecule has 0 fully saturated rings. The Kier molecular flexibility index (Phi) is 17.1. The third-order valence-corrected chi connectivity index (χ3v) is 6.63. The number of hydrogen-bond donors (Lipinski definition) is 0. The maximum atomic E-state index is 13.9. The SMILES string of the molecule is CCCCCCCCCCOc1ccc(/C=C/C(=O)Oc2ccc(C(=O)OCC(F)CCCCCC)cc2)cc1. The first-order valence-corrected chi connectivity index (χ1v) is 15.1. The van der Waals surface area contributed by atoms with Gasteiger partial charge in [-0.25, -0.2) is 14.0 Å². The van der Waals surface area contributed by atoms with E-state index in [2.05, 4.69) is 13.8 Å². The van der Waals surface area contributed by atoms with E-state index in [0.717, 1.165) is 43.4 Å². The summed E-state index contributed by atoms with van der Waals surface area (Å²) in [5, 5.41) is 0. The van der Waals surface area contributed by atoms with Crippen molar-refractivity contribution >= 4 is 18.0 Å². The van der Waals surface area contributed by atoms with Crippen LogP contribution in [0.1, 0.15) is 113 Å². The van der Waals surface area contributed by atoms with Gasteiger partial charge in [0.15, 0.2) is 0 Å². The molecule has 0 N–H and O–H groups in total. The summed E-state index contributed by atoms with van der Waals surface area (Å²) >= 11 is 0. The number of alkyl halides is 1. The highest BCUT2D eigenvalue weighted by Crippen LogP contribution is 2.17. The predicted molar refractivity (Wildman–Crippen MR) is 160 cm³/mol. The lowest BCUT2D eigenvalue weighted by atomic mass is 10.1. The molecule has 0 spiro atoms. The van der Waals surface area contributed by atoms with Crippen molar-refractivity contribution in [3.63, 3.8) is 0 Å². The topological polar surface area (TPSA) is 61.8 Å². The molecule has 220 valence electrons. The van der Waals surface area contributed by atoms with Crippen LogP contribution < -0.4 is 9.47 Å². The fraction of sp³-hybridized carbons (Fsp3) is 0.529. The van der Waals surface area contributed by atoms with Crippen LogP contribution in [0.4, 0.5) is 4.39 Å². The molecule has 0 saturated carbocycles. The summed E-state index contributed by atoms with van der Waals surface area (Å²) in [6.07, 6.45) is 16.4. The molecule has 2 aromatic carbocycles. The molecule has 0 aliphatic rings. The van der Waals surface area contributed by atoms with E-state index in [0.29, 0.717) is 18.8 Å². The van der Waals surface area contributed by atoms with Crippen molar-refractivity contribution in [3.05, 3.63) is 65.7 Å². The third-order valence-electron chi connectivity index (χ3n) is 6.63. The molecular formula is C34H47FO5. The maximum absolute atomic E-state index is 13.9. The number of ether oxygens (including phenoxy) is 3. The molecule has 2 rings (SSSR count). The maximum Gasteiger partial charge on any atom is 0.338 e. The zero-order valence-corrected chi connectivity index (χ0v) is 24.4. The van der Waals surface area contributed by atoms with Gasteiger partial charge in [-0.05, 0) is 60.9 Å². The second kappa shape index (κ2) is 20.7. The van der Waals surface area contributed by atoms with Crippen molar-refractivity contribution in [1.82, 2.24) is 0 Å². The predicted octanol–water partition coefficient (Wildman–Crippen LogP) is 9.29. The molecule has 5 nitrogen and oxygen atoms in total. The lowest BCUT2D eigenvalue weighted by Gasteiger charge is -2.09. The molecule has 0 saturated heterocycles. The molecule has 1 atom stereocenters. The standard InChI is InChI=1S/C34H47FO5/c1-3-5-7-9-10-11-12-14-26-38-31-21-16-28(17-22-31)18-25-33(36)40-32-23-19-29(20-24-32)34(37)39-27-30(35)15-13-8-6-4-2/h16-25,30H,3-15,26-27H2,1-2H3/b25-18+. The molecule has 1 unspecified atom stereocenters. The Hall–Kier alpha value is -3.15. The summed E-state index contributed by atoms with van der Waals surface area (Å²) in [6.45, 7) is 4.80. The Bertz CT molecular complexity index is 984. The van der Waals surface area contributed by atoms with Crippen LogP contribution >= 0.6 is 0 Å². The Balaban J connectivity index is 1.65. The molecule has 2 aromatic rings. The first-order chi connectivity index (χ1) is 19.5. The van der Waals surface area contributed by atoms with E-state index >= 15 is 0 Å². The van der Waals surface area contributed by atoms with Crippen LogP contribution in [0, 0.1) is 0 Å². The van der Waals surface area contributed by atoms with E-state index < -0.39 is 18.1 Å². The quantitative estimate of drug-likeness (QED) is 0.0666. The van der Waals surface area contributed by atoms with Crippen LogP contribution in [0.5, 0.6) is 11.5 Å². The normalized spacial score (nSPS) is 11.9. The highest BCUT2D eigenvalue weighted by atomic mass is 19.1. The van der Waals surface area contributed by atoms with E-state index in [9.17, 15) is 14.0 Å². The van der Waals surface area contributed by atoms with Gasteiger partial charge in [0, 0.05) is 6.08 Å². The fourth-order valence-corrected chi connectivity index (χ4v) is 4.20. The molecule has 6 heteroatoms. The van der Waals surface area contributed by atoms with Gasteiger partial charge in [-0.3, -0.25) is 0 Å². The summed E-state index contributed by atoms with van der Waals surface area (Å²) < 4.78 is 30.1. The summed E-state index contributed by atoms with van der Waals surface area (Å²) in [5.74, 6) is -0.0154. The van der Waals surface area contributed by atoms with Crippen molar-refractivity contribution in [2.75, 3.05) is 13.2 Å². The second-order valence-electron chi connectivity index (χ2n) is 10.2. The Morgan fingerprint density at radius 1 is 0.750 bits per heavy atom. The van der Waals surface area contributed by atoms with Crippen molar-refractivity contribution in [2.24, 2.45) is 0 Å². The smallest absolute Gasteiger partial charge is 0.338 e. The van der Waals surface area contributed by atoms with Crippen LogP contribution in [-0.4, -0.2) is 31.3 Å². The van der Waals surface area contributed by atoms with Gasteiger partial charge in [-0.15, -0.1) is 0 Å². The largest absolute Gasteiger partial charge is 0.494 e. The highest BCUT2D eigenvalue weighted by molar-refractivity contribution is 5.90.